The molecule has 3 heterocycles. The van der Waals surface area contributed by atoms with Crippen molar-refractivity contribution < 1.29 is 14.4 Å². The fourth-order valence-electron chi connectivity index (χ4n) is 5.20. The fourth-order valence-corrected chi connectivity index (χ4v) is 7.23. The van der Waals surface area contributed by atoms with Crippen molar-refractivity contribution in [2.75, 3.05) is 0 Å². The van der Waals surface area contributed by atoms with Crippen molar-refractivity contribution in [1.82, 2.24) is 20.2 Å². The van der Waals surface area contributed by atoms with Gasteiger partial charge in [-0.3, -0.25) is 20.2 Å². The maximum Gasteiger partial charge on any atom is 0.328 e. The number of aromatic nitrogens is 2. The fraction of sp³-hybridized carbons (Fsp3) is 0.174. The predicted octanol–water partition coefficient (Wildman–Crippen LogP) is 3.58. The molecule has 1 fully saturated rings. The van der Waals surface area contributed by atoms with Crippen LogP contribution in [0.15, 0.2) is 60.7 Å². The van der Waals surface area contributed by atoms with Gasteiger partial charge in [0.05, 0.1) is 0 Å². The Morgan fingerprint density at radius 3 is 2.16 bits per heavy atom. The number of hydrogen-bond acceptors (Lipinski definition) is 7. The zero-order valence-electron chi connectivity index (χ0n) is 16.6. The molecule has 0 bridgehead atoms. The van der Waals surface area contributed by atoms with E-state index in [0.29, 0.717) is 6.42 Å². The number of barbiturate groups is 1. The van der Waals surface area contributed by atoms with E-state index in [-0.39, 0.29) is 0 Å². The lowest BCUT2D eigenvalue weighted by Crippen LogP contribution is -2.67. The number of amides is 4. The minimum atomic E-state index is -1.55. The third-order valence-electron chi connectivity index (χ3n) is 6.45. The molecule has 1 spiro atoms. The number of fused-ring (bicyclic) bond motifs is 3. The number of carbonyl (C=O) groups excluding carboxylic acids is 3. The smallest absolute Gasteiger partial charge is 0.277 e. The van der Waals surface area contributed by atoms with Gasteiger partial charge in [0.2, 0.25) is 11.8 Å². The number of carbonyl (C=O) groups is 3. The van der Waals surface area contributed by atoms with Crippen LogP contribution in [-0.4, -0.2) is 27.4 Å². The number of hydrogen-bond donors (Lipinski definition) is 2. The highest BCUT2D eigenvalue weighted by Gasteiger charge is 2.64. The molecular formula is C23H16N4O3S2. The molecule has 1 aliphatic heterocycles. The molecule has 158 valence electrons. The molecule has 2 aromatic heterocycles. The zero-order valence-corrected chi connectivity index (χ0v) is 18.2. The molecule has 7 nitrogen and oxygen atoms in total. The highest BCUT2D eigenvalue weighted by molar-refractivity contribution is 7.36. The maximum absolute atomic E-state index is 13.7. The van der Waals surface area contributed by atoms with Crippen molar-refractivity contribution in [2.24, 2.45) is 5.41 Å². The standard InChI is InChI=1S/C23H16N4O3S2/c28-20-23(21(29)25-22(30)24-20)14(12-7-3-1-4-8-12)11-15-16(18-19(31-15)32-27-26-18)17(23)13-9-5-2-6-10-13/h1-10,14,17H,11H2,(H2,24,25,28,29,30). The van der Waals surface area contributed by atoms with E-state index < -0.39 is 35.1 Å². The van der Waals surface area contributed by atoms with Crippen LogP contribution in [0.1, 0.15) is 33.4 Å². The molecule has 2 N–H and O–H groups in total. The first-order valence-corrected chi connectivity index (χ1v) is 11.7. The van der Waals surface area contributed by atoms with Gasteiger partial charge in [0.1, 0.15) is 14.9 Å². The van der Waals surface area contributed by atoms with Crippen LogP contribution in [0.5, 0.6) is 0 Å². The van der Waals surface area contributed by atoms with Crippen LogP contribution in [0.2, 0.25) is 0 Å². The van der Waals surface area contributed by atoms with E-state index >= 15 is 0 Å². The molecule has 2 aliphatic rings. The Morgan fingerprint density at radius 1 is 0.875 bits per heavy atom. The number of imide groups is 2. The van der Waals surface area contributed by atoms with Gasteiger partial charge in [-0.2, -0.15) is 0 Å². The molecule has 4 amide bonds. The molecule has 0 saturated carbocycles. The second-order valence-electron chi connectivity index (χ2n) is 7.97. The van der Waals surface area contributed by atoms with Crippen molar-refractivity contribution >= 4 is 50.2 Å². The van der Waals surface area contributed by atoms with Crippen LogP contribution in [0, 0.1) is 5.41 Å². The summed E-state index contributed by atoms with van der Waals surface area (Å²) in [6, 6.07) is 18.3. The molecule has 0 radical (unpaired) electrons. The average molecular weight is 461 g/mol. The van der Waals surface area contributed by atoms with Crippen LogP contribution >= 0.6 is 22.9 Å². The van der Waals surface area contributed by atoms with E-state index in [2.05, 4.69) is 20.2 Å². The van der Waals surface area contributed by atoms with Gasteiger partial charge in [-0.25, -0.2) is 4.79 Å². The molecule has 2 unspecified atom stereocenters. The number of rotatable bonds is 2. The quantitative estimate of drug-likeness (QED) is 0.446. The summed E-state index contributed by atoms with van der Waals surface area (Å²) in [5.41, 5.74) is 1.73. The first kappa shape index (κ1) is 19.3. The Morgan fingerprint density at radius 2 is 1.50 bits per heavy atom. The number of thiophene rings is 1. The molecule has 6 rings (SSSR count). The van der Waals surface area contributed by atoms with E-state index in [4.69, 9.17) is 0 Å². The zero-order chi connectivity index (χ0) is 21.9. The lowest BCUT2D eigenvalue weighted by Gasteiger charge is -2.48. The van der Waals surface area contributed by atoms with Crippen molar-refractivity contribution in [1.29, 1.82) is 0 Å². The number of benzene rings is 2. The Labute approximate surface area is 190 Å². The summed E-state index contributed by atoms with van der Waals surface area (Å²) in [6.45, 7) is 0. The topological polar surface area (TPSA) is 101 Å². The van der Waals surface area contributed by atoms with Crippen molar-refractivity contribution in [3.63, 3.8) is 0 Å². The second-order valence-corrected chi connectivity index (χ2v) is 10.1. The molecule has 32 heavy (non-hydrogen) atoms. The van der Waals surface area contributed by atoms with Gasteiger partial charge in [-0.1, -0.05) is 65.2 Å². The van der Waals surface area contributed by atoms with E-state index in [1.165, 1.54) is 11.5 Å². The van der Waals surface area contributed by atoms with Crippen LogP contribution in [0.25, 0.3) is 9.53 Å². The first-order chi connectivity index (χ1) is 15.6. The summed E-state index contributed by atoms with van der Waals surface area (Å²) in [6.07, 6.45) is 0.492. The van der Waals surface area contributed by atoms with Crippen LogP contribution in [-0.2, 0) is 16.0 Å². The summed E-state index contributed by atoms with van der Waals surface area (Å²) in [5, 5.41) is 9.15. The monoisotopic (exact) mass is 460 g/mol. The van der Waals surface area contributed by atoms with Crippen molar-refractivity contribution in [2.45, 2.75) is 18.3 Å². The van der Waals surface area contributed by atoms with Crippen LogP contribution in [0.4, 0.5) is 4.79 Å². The summed E-state index contributed by atoms with van der Waals surface area (Å²) in [7, 11) is 0. The third kappa shape index (κ3) is 2.55. The Hall–Kier alpha value is -3.43. The summed E-state index contributed by atoms with van der Waals surface area (Å²) in [5.74, 6) is -2.25. The van der Waals surface area contributed by atoms with Gasteiger partial charge in [0.15, 0.2) is 0 Å². The minimum Gasteiger partial charge on any atom is -0.277 e. The largest absolute Gasteiger partial charge is 0.328 e. The molecular weight excluding hydrogens is 444 g/mol. The van der Waals surface area contributed by atoms with E-state index in [9.17, 15) is 14.4 Å². The van der Waals surface area contributed by atoms with Crippen LogP contribution < -0.4 is 10.6 Å². The summed E-state index contributed by atoms with van der Waals surface area (Å²) in [4.78, 5) is 40.7. The SMILES string of the molecule is O=C1NC(=O)C2(C(=O)N1)C(c1ccccc1)Cc1sc3snnc3c1C2c1ccccc1. The summed E-state index contributed by atoms with van der Waals surface area (Å²) >= 11 is 2.93. The van der Waals surface area contributed by atoms with Gasteiger partial charge in [-0.15, -0.1) is 16.4 Å². The first-order valence-electron chi connectivity index (χ1n) is 10.1. The van der Waals surface area contributed by atoms with Gasteiger partial charge >= 0.3 is 6.03 Å². The highest BCUT2D eigenvalue weighted by Crippen LogP contribution is 2.59. The van der Waals surface area contributed by atoms with Gasteiger partial charge in [-0.05, 0) is 29.1 Å². The number of urea groups is 1. The maximum atomic E-state index is 13.7. The average Bonchev–Trinajstić information content (AvgIpc) is 3.39. The van der Waals surface area contributed by atoms with E-state index in [1.807, 2.05) is 60.7 Å². The lowest BCUT2D eigenvalue weighted by molar-refractivity contribution is -0.147. The second kappa shape index (κ2) is 7.04. The molecule has 1 saturated heterocycles. The van der Waals surface area contributed by atoms with Crippen molar-refractivity contribution in [3.8, 4) is 0 Å². The molecule has 4 aromatic rings. The highest BCUT2D eigenvalue weighted by atomic mass is 32.2. The number of nitrogens with one attached hydrogen (secondary N) is 2. The molecule has 9 heteroatoms. The van der Waals surface area contributed by atoms with Crippen molar-refractivity contribution in [3.05, 3.63) is 82.2 Å². The van der Waals surface area contributed by atoms with E-state index in [1.54, 1.807) is 11.3 Å². The Bertz CT molecular complexity index is 1360. The third-order valence-corrected chi connectivity index (χ3v) is 8.46. The Kier molecular flexibility index (Phi) is 4.24. The number of nitrogens with zero attached hydrogens (tertiary/aromatic N) is 2. The minimum absolute atomic E-state index is 0.463. The Balaban J connectivity index is 1.72. The predicted molar refractivity (Wildman–Crippen MR) is 121 cm³/mol. The van der Waals surface area contributed by atoms with Crippen LogP contribution in [0.3, 0.4) is 0 Å². The van der Waals surface area contributed by atoms with Gasteiger partial charge < -0.3 is 0 Å². The van der Waals surface area contributed by atoms with Gasteiger partial charge in [0, 0.05) is 22.3 Å². The summed E-state index contributed by atoms with van der Waals surface area (Å²) < 4.78 is 5.07. The molecule has 2 atom stereocenters. The van der Waals surface area contributed by atoms with E-state index in [0.717, 1.165) is 31.1 Å². The normalized spacial score (nSPS) is 21.9. The molecule has 2 aromatic carbocycles. The lowest BCUT2D eigenvalue weighted by atomic mass is 9.54. The van der Waals surface area contributed by atoms with Gasteiger partial charge in [0.25, 0.3) is 0 Å². The molecule has 1 aliphatic carbocycles.